The first-order valence-electron chi connectivity index (χ1n) is 8.12. The number of benzene rings is 2. The molecule has 0 saturated carbocycles. The Bertz CT molecular complexity index is 1040. The van der Waals surface area contributed by atoms with Gasteiger partial charge in [0, 0.05) is 5.39 Å². The van der Waals surface area contributed by atoms with Crippen LogP contribution in [0.1, 0.15) is 12.6 Å². The van der Waals surface area contributed by atoms with Gasteiger partial charge in [0.2, 0.25) is 0 Å². The molecule has 1 heterocycles. The molecule has 0 radical (unpaired) electrons. The minimum absolute atomic E-state index is 0.0162. The third kappa shape index (κ3) is 4.00. The van der Waals surface area contributed by atoms with E-state index >= 15 is 0 Å². The molecule has 0 spiro atoms. The number of fused-ring (bicyclic) bond motifs is 1. The summed E-state index contributed by atoms with van der Waals surface area (Å²) >= 11 is 0. The summed E-state index contributed by atoms with van der Waals surface area (Å²) in [6.07, 6.45) is -0.0162. The highest BCUT2D eigenvalue weighted by Gasteiger charge is 2.18. The number of sulfonamides is 1. The molecule has 7 heteroatoms. The number of esters is 1. The van der Waals surface area contributed by atoms with Gasteiger partial charge in [-0.1, -0.05) is 42.5 Å². The SMILES string of the molecule is CCOC(=O)Cc1cccc(NS(=O)(=O)c2cccc3ccccc23)n1. The lowest BCUT2D eigenvalue weighted by atomic mass is 10.1. The molecule has 0 aliphatic heterocycles. The van der Waals surface area contributed by atoms with Gasteiger partial charge in [-0.15, -0.1) is 0 Å². The standard InChI is InChI=1S/C19H18N2O4S/c1-2-25-19(22)13-15-9-6-12-18(20-15)21-26(23,24)17-11-5-8-14-7-3-4-10-16(14)17/h3-12H,2,13H2,1H3,(H,20,21). The largest absolute Gasteiger partial charge is 0.466 e. The van der Waals surface area contributed by atoms with E-state index in [1.807, 2.05) is 18.2 Å². The third-order valence-electron chi connectivity index (χ3n) is 3.72. The van der Waals surface area contributed by atoms with Crippen LogP contribution in [-0.2, 0) is 26.0 Å². The van der Waals surface area contributed by atoms with Gasteiger partial charge in [-0.3, -0.25) is 9.52 Å². The summed E-state index contributed by atoms with van der Waals surface area (Å²) in [6.45, 7) is 2.01. The summed E-state index contributed by atoms with van der Waals surface area (Å²) in [5.41, 5.74) is 0.432. The Morgan fingerprint density at radius 2 is 1.77 bits per heavy atom. The van der Waals surface area contributed by atoms with E-state index in [-0.39, 0.29) is 23.7 Å². The molecular weight excluding hydrogens is 352 g/mol. The number of ether oxygens (including phenoxy) is 1. The van der Waals surface area contributed by atoms with Crippen LogP contribution in [-0.4, -0.2) is 26.0 Å². The zero-order chi connectivity index (χ0) is 18.6. The number of carbonyl (C=O) groups excluding carboxylic acids is 1. The van der Waals surface area contributed by atoms with Gasteiger partial charge in [-0.25, -0.2) is 13.4 Å². The summed E-state index contributed by atoms with van der Waals surface area (Å²) in [4.78, 5) is 15.9. The summed E-state index contributed by atoms with van der Waals surface area (Å²) in [5.74, 6) is -0.256. The lowest BCUT2D eigenvalue weighted by molar-refractivity contribution is -0.142. The molecule has 0 saturated heterocycles. The molecule has 1 N–H and O–H groups in total. The number of rotatable bonds is 6. The van der Waals surface area contributed by atoms with Gasteiger partial charge >= 0.3 is 5.97 Å². The maximum atomic E-state index is 12.8. The molecule has 1 aromatic heterocycles. The van der Waals surface area contributed by atoms with Crippen molar-refractivity contribution in [1.29, 1.82) is 0 Å². The Labute approximate surface area is 151 Å². The van der Waals surface area contributed by atoms with Crippen LogP contribution < -0.4 is 4.72 Å². The van der Waals surface area contributed by atoms with Crippen LogP contribution in [0.5, 0.6) is 0 Å². The Balaban J connectivity index is 1.89. The molecule has 0 fully saturated rings. The van der Waals surface area contributed by atoms with Crippen molar-refractivity contribution in [3.63, 3.8) is 0 Å². The molecule has 2 aromatic carbocycles. The molecule has 6 nitrogen and oxygen atoms in total. The Morgan fingerprint density at radius 1 is 1.04 bits per heavy atom. The highest BCUT2D eigenvalue weighted by Crippen LogP contribution is 2.24. The Morgan fingerprint density at radius 3 is 2.58 bits per heavy atom. The first-order valence-corrected chi connectivity index (χ1v) is 9.60. The van der Waals surface area contributed by atoms with Crippen LogP contribution in [0.25, 0.3) is 10.8 Å². The Kier molecular flexibility index (Phi) is 5.18. The van der Waals surface area contributed by atoms with E-state index in [1.165, 1.54) is 6.07 Å². The average molecular weight is 370 g/mol. The third-order valence-corrected chi connectivity index (χ3v) is 5.13. The van der Waals surface area contributed by atoms with E-state index in [4.69, 9.17) is 4.74 Å². The van der Waals surface area contributed by atoms with Crippen molar-refractivity contribution in [3.8, 4) is 0 Å². The molecule has 0 bridgehead atoms. The number of nitrogens with one attached hydrogen (secondary N) is 1. The normalized spacial score (nSPS) is 11.3. The second-order valence-corrected chi connectivity index (χ2v) is 7.23. The van der Waals surface area contributed by atoms with Gasteiger partial charge in [0.1, 0.15) is 5.82 Å². The molecule has 0 aliphatic rings. The van der Waals surface area contributed by atoms with E-state index in [1.54, 1.807) is 43.3 Å². The van der Waals surface area contributed by atoms with E-state index in [0.717, 1.165) is 5.39 Å². The first-order chi connectivity index (χ1) is 12.5. The van der Waals surface area contributed by atoms with Crippen LogP contribution in [0.2, 0.25) is 0 Å². The van der Waals surface area contributed by atoms with Gasteiger partial charge in [-0.05, 0) is 30.5 Å². The fourth-order valence-corrected chi connectivity index (χ4v) is 3.85. The van der Waals surface area contributed by atoms with Gasteiger partial charge in [-0.2, -0.15) is 0 Å². The second-order valence-electron chi connectivity index (χ2n) is 5.58. The van der Waals surface area contributed by atoms with Crippen molar-refractivity contribution in [1.82, 2.24) is 4.98 Å². The fourth-order valence-electron chi connectivity index (χ4n) is 2.62. The molecule has 3 aromatic rings. The molecule has 134 valence electrons. The summed E-state index contributed by atoms with van der Waals surface area (Å²) in [5, 5.41) is 1.46. The Hall–Kier alpha value is -2.93. The van der Waals surface area contributed by atoms with Crippen molar-refractivity contribution in [3.05, 3.63) is 66.4 Å². The average Bonchev–Trinajstić information content (AvgIpc) is 2.61. The highest BCUT2D eigenvalue weighted by molar-refractivity contribution is 7.93. The molecular formula is C19H18N2O4S. The van der Waals surface area contributed by atoms with Gasteiger partial charge in [0.05, 0.1) is 23.6 Å². The van der Waals surface area contributed by atoms with Crippen molar-refractivity contribution in [2.45, 2.75) is 18.2 Å². The topological polar surface area (TPSA) is 85.4 Å². The van der Waals surface area contributed by atoms with Crippen molar-refractivity contribution in [2.75, 3.05) is 11.3 Å². The zero-order valence-electron chi connectivity index (χ0n) is 14.2. The fraction of sp³-hybridized carbons (Fsp3) is 0.158. The van der Waals surface area contributed by atoms with E-state index in [0.29, 0.717) is 11.1 Å². The molecule has 3 rings (SSSR count). The second kappa shape index (κ2) is 7.53. The minimum atomic E-state index is -3.82. The van der Waals surface area contributed by atoms with Gasteiger partial charge < -0.3 is 4.74 Å². The molecule has 26 heavy (non-hydrogen) atoms. The van der Waals surface area contributed by atoms with Crippen LogP contribution in [0.15, 0.2) is 65.6 Å². The number of nitrogens with zero attached hydrogens (tertiary/aromatic N) is 1. The van der Waals surface area contributed by atoms with Crippen molar-refractivity contribution < 1.29 is 17.9 Å². The number of anilines is 1. The molecule has 0 aliphatic carbocycles. The van der Waals surface area contributed by atoms with E-state index in [2.05, 4.69) is 9.71 Å². The number of pyridine rings is 1. The summed E-state index contributed by atoms with van der Waals surface area (Å²) < 4.78 is 33.0. The van der Waals surface area contributed by atoms with Gasteiger partial charge in [0.15, 0.2) is 0 Å². The first kappa shape index (κ1) is 17.9. The maximum absolute atomic E-state index is 12.8. The number of carbonyl (C=O) groups is 1. The monoisotopic (exact) mass is 370 g/mol. The van der Waals surface area contributed by atoms with Crippen LogP contribution >= 0.6 is 0 Å². The van der Waals surface area contributed by atoms with Crippen LogP contribution in [0.3, 0.4) is 0 Å². The predicted octanol–water partition coefficient (Wildman–Crippen LogP) is 3.14. The van der Waals surface area contributed by atoms with Crippen molar-refractivity contribution >= 4 is 32.6 Å². The molecule has 0 unspecified atom stereocenters. The number of aromatic nitrogens is 1. The smallest absolute Gasteiger partial charge is 0.311 e. The highest BCUT2D eigenvalue weighted by atomic mass is 32.2. The maximum Gasteiger partial charge on any atom is 0.311 e. The summed E-state index contributed by atoms with van der Waals surface area (Å²) in [7, 11) is -3.82. The predicted molar refractivity (Wildman–Crippen MR) is 99.3 cm³/mol. The number of hydrogen-bond acceptors (Lipinski definition) is 5. The lowest BCUT2D eigenvalue weighted by Gasteiger charge is -2.11. The van der Waals surface area contributed by atoms with Crippen LogP contribution in [0.4, 0.5) is 5.82 Å². The van der Waals surface area contributed by atoms with E-state index in [9.17, 15) is 13.2 Å². The molecule has 0 atom stereocenters. The lowest BCUT2D eigenvalue weighted by Crippen LogP contribution is -2.15. The zero-order valence-corrected chi connectivity index (χ0v) is 15.0. The van der Waals surface area contributed by atoms with E-state index < -0.39 is 16.0 Å². The minimum Gasteiger partial charge on any atom is -0.466 e. The summed E-state index contributed by atoms with van der Waals surface area (Å²) in [6, 6.07) is 17.2. The van der Waals surface area contributed by atoms with Gasteiger partial charge in [0.25, 0.3) is 10.0 Å². The quantitative estimate of drug-likeness (QED) is 0.674. The van der Waals surface area contributed by atoms with Crippen LogP contribution in [0, 0.1) is 0 Å². The molecule has 0 amide bonds. The number of hydrogen-bond donors (Lipinski definition) is 1. The van der Waals surface area contributed by atoms with Crippen molar-refractivity contribution in [2.24, 2.45) is 0 Å².